The average Bonchev–Trinajstić information content (AvgIpc) is 2.16. The van der Waals surface area contributed by atoms with Crippen LogP contribution in [-0.2, 0) is 9.53 Å². The summed E-state index contributed by atoms with van der Waals surface area (Å²) in [4.78, 5) is 15.0. The van der Waals surface area contributed by atoms with Gasteiger partial charge >= 0.3 is 0 Å². The summed E-state index contributed by atoms with van der Waals surface area (Å²) >= 11 is 0. The predicted molar refractivity (Wildman–Crippen MR) is 49.4 cm³/mol. The fraction of sp³-hybridized carbons (Fsp3) is 0.333. The van der Waals surface area contributed by atoms with Crippen LogP contribution in [0.2, 0.25) is 0 Å². The van der Waals surface area contributed by atoms with E-state index in [-0.39, 0.29) is 5.91 Å². The summed E-state index contributed by atoms with van der Waals surface area (Å²) in [5.74, 6) is -0.0481. The first-order chi connectivity index (χ1) is 6.33. The summed E-state index contributed by atoms with van der Waals surface area (Å²) in [5, 5.41) is 2.72. The Morgan fingerprint density at radius 3 is 2.85 bits per heavy atom. The van der Waals surface area contributed by atoms with E-state index in [0.717, 1.165) is 5.69 Å². The number of nitrogens with one attached hydrogen (secondary N) is 1. The van der Waals surface area contributed by atoms with Crippen molar-refractivity contribution in [3.8, 4) is 0 Å². The highest BCUT2D eigenvalue weighted by Crippen LogP contribution is 2.03. The lowest BCUT2D eigenvalue weighted by Crippen LogP contribution is -2.13. The Hall–Kier alpha value is -1.42. The molecule has 1 aromatic heterocycles. The second-order valence-corrected chi connectivity index (χ2v) is 2.53. The largest absolute Gasteiger partial charge is 0.384 e. The van der Waals surface area contributed by atoms with E-state index in [2.05, 4.69) is 10.3 Å². The third kappa shape index (κ3) is 3.66. The van der Waals surface area contributed by atoms with Crippen LogP contribution >= 0.6 is 0 Å². The SMILES string of the molecule is COCCC(=O)Nc1ccncc1. The minimum Gasteiger partial charge on any atom is -0.384 e. The maximum absolute atomic E-state index is 11.2. The molecule has 0 unspecified atom stereocenters. The molecule has 0 aromatic carbocycles. The number of ether oxygens (including phenoxy) is 1. The predicted octanol–water partition coefficient (Wildman–Crippen LogP) is 1.06. The van der Waals surface area contributed by atoms with E-state index in [9.17, 15) is 4.79 Å². The minimum absolute atomic E-state index is 0.0481. The summed E-state index contributed by atoms with van der Waals surface area (Å²) in [5.41, 5.74) is 0.760. The van der Waals surface area contributed by atoms with Gasteiger partial charge in [-0.1, -0.05) is 0 Å². The lowest BCUT2D eigenvalue weighted by atomic mass is 10.3. The van der Waals surface area contributed by atoms with Gasteiger partial charge in [0.2, 0.25) is 5.91 Å². The molecule has 0 saturated carbocycles. The smallest absolute Gasteiger partial charge is 0.226 e. The number of nitrogens with zero attached hydrogens (tertiary/aromatic N) is 1. The van der Waals surface area contributed by atoms with Gasteiger partial charge in [-0.2, -0.15) is 0 Å². The van der Waals surface area contributed by atoms with Gasteiger partial charge in [0.1, 0.15) is 0 Å². The van der Waals surface area contributed by atoms with Crippen molar-refractivity contribution in [2.24, 2.45) is 0 Å². The first-order valence-corrected chi connectivity index (χ1v) is 4.02. The Morgan fingerprint density at radius 2 is 2.23 bits per heavy atom. The van der Waals surface area contributed by atoms with Gasteiger partial charge in [-0.3, -0.25) is 9.78 Å². The second-order valence-electron chi connectivity index (χ2n) is 2.53. The highest BCUT2D eigenvalue weighted by molar-refractivity contribution is 5.90. The van der Waals surface area contributed by atoms with Gasteiger partial charge in [-0.15, -0.1) is 0 Å². The number of methoxy groups -OCH3 is 1. The van der Waals surface area contributed by atoms with E-state index in [4.69, 9.17) is 4.74 Å². The lowest BCUT2D eigenvalue weighted by molar-refractivity contribution is -0.117. The molecule has 0 radical (unpaired) electrons. The second kappa shape index (κ2) is 5.27. The van der Waals surface area contributed by atoms with Crippen molar-refractivity contribution in [2.75, 3.05) is 19.0 Å². The standard InChI is InChI=1S/C9H12N2O2/c1-13-7-4-9(12)11-8-2-5-10-6-3-8/h2-3,5-6H,4,7H2,1H3,(H,10,11,12). The number of carbonyl (C=O) groups excluding carboxylic acids is 1. The van der Waals surface area contributed by atoms with E-state index in [0.29, 0.717) is 13.0 Å². The molecule has 0 fully saturated rings. The van der Waals surface area contributed by atoms with Crippen molar-refractivity contribution in [1.82, 2.24) is 4.98 Å². The molecule has 0 aliphatic rings. The molecule has 0 saturated heterocycles. The number of hydrogen-bond acceptors (Lipinski definition) is 3. The first kappa shape index (κ1) is 9.67. The van der Waals surface area contributed by atoms with Crippen molar-refractivity contribution in [3.05, 3.63) is 24.5 Å². The third-order valence-electron chi connectivity index (χ3n) is 1.50. The number of carbonyl (C=O) groups is 1. The zero-order valence-electron chi connectivity index (χ0n) is 7.49. The minimum atomic E-state index is -0.0481. The van der Waals surface area contributed by atoms with Crippen LogP contribution in [0, 0.1) is 0 Å². The van der Waals surface area contributed by atoms with Gasteiger partial charge in [-0.25, -0.2) is 0 Å². The molecular formula is C9H12N2O2. The van der Waals surface area contributed by atoms with Crippen LogP contribution < -0.4 is 5.32 Å². The fourth-order valence-electron chi connectivity index (χ4n) is 0.853. The van der Waals surface area contributed by atoms with Crippen molar-refractivity contribution >= 4 is 11.6 Å². The molecule has 0 bridgehead atoms. The molecule has 0 aliphatic carbocycles. The van der Waals surface area contributed by atoms with E-state index in [1.165, 1.54) is 0 Å². The molecule has 0 spiro atoms. The summed E-state index contributed by atoms with van der Waals surface area (Å²) < 4.78 is 4.78. The molecule has 4 nitrogen and oxygen atoms in total. The molecule has 0 aliphatic heterocycles. The first-order valence-electron chi connectivity index (χ1n) is 4.02. The molecular weight excluding hydrogens is 168 g/mol. The molecule has 1 rings (SSSR count). The summed E-state index contributed by atoms with van der Waals surface area (Å²) in [7, 11) is 1.57. The molecule has 1 amide bonds. The number of pyridine rings is 1. The highest BCUT2D eigenvalue weighted by atomic mass is 16.5. The number of amides is 1. The van der Waals surface area contributed by atoms with E-state index >= 15 is 0 Å². The summed E-state index contributed by atoms with van der Waals surface area (Å²) in [6.07, 6.45) is 3.64. The lowest BCUT2D eigenvalue weighted by Gasteiger charge is -2.03. The molecule has 70 valence electrons. The molecule has 13 heavy (non-hydrogen) atoms. The quantitative estimate of drug-likeness (QED) is 0.753. The van der Waals surface area contributed by atoms with Gasteiger partial charge in [0.05, 0.1) is 13.0 Å². The van der Waals surface area contributed by atoms with Crippen LogP contribution in [0.4, 0.5) is 5.69 Å². The van der Waals surface area contributed by atoms with Crippen LogP contribution in [0.5, 0.6) is 0 Å². The van der Waals surface area contributed by atoms with Crippen molar-refractivity contribution in [1.29, 1.82) is 0 Å². The number of anilines is 1. The monoisotopic (exact) mass is 180 g/mol. The zero-order chi connectivity index (χ0) is 9.52. The normalized spacial score (nSPS) is 9.62. The van der Waals surface area contributed by atoms with Crippen molar-refractivity contribution in [2.45, 2.75) is 6.42 Å². The number of hydrogen-bond donors (Lipinski definition) is 1. The average molecular weight is 180 g/mol. The van der Waals surface area contributed by atoms with Gasteiger partial charge in [0.25, 0.3) is 0 Å². The van der Waals surface area contributed by atoms with Crippen LogP contribution in [0.1, 0.15) is 6.42 Å². The summed E-state index contributed by atoms with van der Waals surface area (Å²) in [6, 6.07) is 3.48. The van der Waals surface area contributed by atoms with Crippen molar-refractivity contribution in [3.63, 3.8) is 0 Å². The topological polar surface area (TPSA) is 51.2 Å². The Morgan fingerprint density at radius 1 is 1.54 bits per heavy atom. The fourth-order valence-corrected chi connectivity index (χ4v) is 0.853. The van der Waals surface area contributed by atoms with Crippen LogP contribution in [-0.4, -0.2) is 24.6 Å². The molecule has 1 heterocycles. The van der Waals surface area contributed by atoms with Gasteiger partial charge < -0.3 is 10.1 Å². The molecule has 1 aromatic rings. The summed E-state index contributed by atoms with van der Waals surface area (Å²) in [6.45, 7) is 0.441. The van der Waals surface area contributed by atoms with Gasteiger partial charge in [0.15, 0.2) is 0 Å². The van der Waals surface area contributed by atoms with Crippen LogP contribution in [0.25, 0.3) is 0 Å². The van der Waals surface area contributed by atoms with Gasteiger partial charge in [0, 0.05) is 25.2 Å². The van der Waals surface area contributed by atoms with Crippen molar-refractivity contribution < 1.29 is 9.53 Å². The molecule has 4 heteroatoms. The van der Waals surface area contributed by atoms with E-state index in [1.54, 1.807) is 31.6 Å². The maximum Gasteiger partial charge on any atom is 0.226 e. The Bertz CT molecular complexity index is 262. The Balaban J connectivity index is 2.37. The third-order valence-corrected chi connectivity index (χ3v) is 1.50. The van der Waals surface area contributed by atoms with E-state index < -0.39 is 0 Å². The highest BCUT2D eigenvalue weighted by Gasteiger charge is 2.00. The zero-order valence-corrected chi connectivity index (χ0v) is 7.49. The Labute approximate surface area is 76.9 Å². The van der Waals surface area contributed by atoms with Gasteiger partial charge in [-0.05, 0) is 12.1 Å². The molecule has 1 N–H and O–H groups in total. The number of aromatic nitrogens is 1. The van der Waals surface area contributed by atoms with Crippen LogP contribution in [0.3, 0.4) is 0 Å². The number of rotatable bonds is 4. The maximum atomic E-state index is 11.2. The van der Waals surface area contributed by atoms with E-state index in [1.807, 2.05) is 0 Å². The molecule has 0 atom stereocenters. The Kier molecular flexibility index (Phi) is 3.92. The van der Waals surface area contributed by atoms with Crippen LogP contribution in [0.15, 0.2) is 24.5 Å².